The first-order chi connectivity index (χ1) is 8.72. The first-order valence-corrected chi connectivity index (χ1v) is 7.92. The Morgan fingerprint density at radius 3 is 2.44 bits per heavy atom. The van der Waals surface area contributed by atoms with E-state index in [1.807, 2.05) is 24.3 Å². The van der Waals surface area contributed by atoms with E-state index < -0.39 is 0 Å². The summed E-state index contributed by atoms with van der Waals surface area (Å²) in [6, 6.07) is 14.0. The highest BCUT2D eigenvalue weighted by Gasteiger charge is 2.15. The molecule has 2 aromatic rings. The van der Waals surface area contributed by atoms with E-state index in [1.165, 1.54) is 10.5 Å². The quantitative estimate of drug-likeness (QED) is 0.729. The van der Waals surface area contributed by atoms with Gasteiger partial charge in [-0.3, -0.25) is 4.99 Å². The maximum absolute atomic E-state index is 5.97. The summed E-state index contributed by atoms with van der Waals surface area (Å²) >= 11 is 11.9. The smallest absolute Gasteiger partial charge is 0.0772 e. The molecular formula is C14H11Cl2NS. The van der Waals surface area contributed by atoms with Crippen molar-refractivity contribution in [3.8, 4) is 0 Å². The van der Waals surface area contributed by atoms with Crippen LogP contribution in [0.3, 0.4) is 0 Å². The largest absolute Gasteiger partial charge is 0.250 e. The molecule has 1 aliphatic rings. The zero-order valence-electron chi connectivity index (χ0n) is 9.48. The van der Waals surface area contributed by atoms with E-state index in [-0.39, 0.29) is 10.9 Å². The lowest BCUT2D eigenvalue weighted by atomic mass is 10.2. The summed E-state index contributed by atoms with van der Waals surface area (Å²) < 4.78 is 0. The number of thiol groups is 1. The monoisotopic (exact) mass is 295 g/mol. The lowest BCUT2D eigenvalue weighted by Gasteiger charge is -2.13. The molecule has 4 heteroatoms. The fourth-order valence-electron chi connectivity index (χ4n) is 1.95. The van der Waals surface area contributed by atoms with Gasteiger partial charge in [0, 0.05) is 26.2 Å². The van der Waals surface area contributed by atoms with Crippen molar-refractivity contribution in [2.45, 2.75) is 10.6 Å². The first-order valence-electron chi connectivity index (χ1n) is 5.57. The van der Waals surface area contributed by atoms with E-state index in [1.54, 1.807) is 0 Å². The van der Waals surface area contributed by atoms with Gasteiger partial charge in [0.25, 0.3) is 0 Å². The Labute approximate surface area is 119 Å². The molecule has 1 unspecified atom stereocenters. The number of fused-ring (bicyclic) bond motifs is 1. The van der Waals surface area contributed by atoms with Gasteiger partial charge in [0.1, 0.15) is 0 Å². The van der Waals surface area contributed by atoms with Crippen molar-refractivity contribution < 1.29 is 0 Å². The molecule has 1 heterocycles. The Kier molecular flexibility index (Phi) is 3.33. The number of hydrogen-bond donors (Lipinski definition) is 1. The molecule has 18 heavy (non-hydrogen) atoms. The zero-order chi connectivity index (χ0) is 12.5. The number of aliphatic imine (C=N–C) groups is 1. The van der Waals surface area contributed by atoms with Crippen LogP contribution in [0.5, 0.6) is 0 Å². The van der Waals surface area contributed by atoms with E-state index in [4.69, 9.17) is 23.2 Å². The Bertz CT molecular complexity index is 608. The minimum Gasteiger partial charge on any atom is -0.250 e. The second kappa shape index (κ2) is 4.96. The summed E-state index contributed by atoms with van der Waals surface area (Å²) in [6.45, 7) is 0. The Morgan fingerprint density at radius 1 is 0.944 bits per heavy atom. The van der Waals surface area contributed by atoms with Gasteiger partial charge >= 0.3 is 0 Å². The lowest BCUT2D eigenvalue weighted by Crippen LogP contribution is -1.87. The number of hydrogen-bond acceptors (Lipinski definition) is 1. The van der Waals surface area contributed by atoms with Crippen molar-refractivity contribution in [3.05, 3.63) is 58.1 Å². The van der Waals surface area contributed by atoms with Crippen LogP contribution < -0.4 is 0 Å². The molecule has 1 nitrogen and oxygen atoms in total. The normalized spacial score (nSPS) is 18.9. The van der Waals surface area contributed by atoms with Gasteiger partial charge in [-0.25, -0.2) is 0 Å². The molecule has 3 rings (SSSR count). The molecule has 1 atom stereocenters. The maximum atomic E-state index is 5.97. The van der Waals surface area contributed by atoms with Crippen molar-refractivity contribution in [1.29, 1.82) is 0 Å². The SMILES string of the molecule is Clc1ccc(C[SH]2C=Nc3cc(Cl)ccc32)cc1. The van der Waals surface area contributed by atoms with Crippen molar-refractivity contribution in [3.63, 3.8) is 0 Å². The molecule has 0 spiro atoms. The number of nitrogens with zero attached hydrogens (tertiary/aromatic N) is 1. The lowest BCUT2D eigenvalue weighted by molar-refractivity contribution is 1.37. The molecule has 0 aliphatic carbocycles. The summed E-state index contributed by atoms with van der Waals surface area (Å²) in [6.07, 6.45) is 0. The Morgan fingerprint density at radius 2 is 1.67 bits per heavy atom. The summed E-state index contributed by atoms with van der Waals surface area (Å²) in [7, 11) is -0.353. The van der Waals surface area contributed by atoms with Crippen LogP contribution >= 0.6 is 34.1 Å². The second-order valence-electron chi connectivity index (χ2n) is 4.13. The minimum absolute atomic E-state index is 0.353. The summed E-state index contributed by atoms with van der Waals surface area (Å²) in [4.78, 5) is 5.76. The van der Waals surface area contributed by atoms with Crippen LogP contribution in [0.4, 0.5) is 5.69 Å². The number of benzene rings is 2. The van der Waals surface area contributed by atoms with E-state index in [9.17, 15) is 0 Å². The minimum atomic E-state index is -0.353. The van der Waals surface area contributed by atoms with Gasteiger partial charge in [0.05, 0.1) is 5.69 Å². The average Bonchev–Trinajstić information content (AvgIpc) is 2.74. The van der Waals surface area contributed by atoms with Crippen LogP contribution in [0.25, 0.3) is 0 Å². The van der Waals surface area contributed by atoms with Crippen LogP contribution in [-0.4, -0.2) is 5.55 Å². The van der Waals surface area contributed by atoms with Crippen LogP contribution in [0.2, 0.25) is 10.0 Å². The average molecular weight is 296 g/mol. The molecule has 0 bridgehead atoms. The molecule has 0 amide bonds. The molecule has 0 fully saturated rings. The standard InChI is InChI=1S/C14H11Cl2NS/c15-11-3-1-10(2-4-11)8-18-9-17-13-7-12(16)5-6-14(13)18/h1-7,9,18H,8H2. The predicted octanol–water partition coefficient (Wildman–Crippen LogP) is 5.23. The van der Waals surface area contributed by atoms with Crippen LogP contribution in [0, 0.1) is 0 Å². The van der Waals surface area contributed by atoms with Crippen LogP contribution in [0.15, 0.2) is 52.4 Å². The van der Waals surface area contributed by atoms with E-state index in [0.29, 0.717) is 0 Å². The first kappa shape index (κ1) is 12.1. The predicted molar refractivity (Wildman–Crippen MR) is 82.0 cm³/mol. The van der Waals surface area contributed by atoms with E-state index >= 15 is 0 Å². The van der Waals surface area contributed by atoms with Gasteiger partial charge in [0.15, 0.2) is 0 Å². The van der Waals surface area contributed by atoms with E-state index in [2.05, 4.69) is 28.7 Å². The highest BCUT2D eigenvalue weighted by atomic mass is 35.5. The van der Waals surface area contributed by atoms with E-state index in [0.717, 1.165) is 21.5 Å². The number of rotatable bonds is 2. The summed E-state index contributed by atoms with van der Waals surface area (Å²) in [5.74, 6) is 1.00. The van der Waals surface area contributed by atoms with Crippen molar-refractivity contribution in [2.75, 3.05) is 0 Å². The van der Waals surface area contributed by atoms with Crippen LogP contribution in [-0.2, 0) is 5.75 Å². The summed E-state index contributed by atoms with van der Waals surface area (Å²) in [5.41, 5.74) is 4.37. The van der Waals surface area contributed by atoms with Gasteiger partial charge in [0.2, 0.25) is 0 Å². The van der Waals surface area contributed by atoms with Gasteiger partial charge in [-0.1, -0.05) is 35.3 Å². The Balaban J connectivity index is 1.85. The third-order valence-electron chi connectivity index (χ3n) is 2.85. The van der Waals surface area contributed by atoms with Gasteiger partial charge in [-0.2, -0.15) is 10.9 Å². The molecule has 92 valence electrons. The molecule has 0 radical (unpaired) electrons. The van der Waals surface area contributed by atoms with Gasteiger partial charge in [-0.05, 0) is 35.9 Å². The zero-order valence-corrected chi connectivity index (χ0v) is 11.9. The highest BCUT2D eigenvalue weighted by Crippen LogP contribution is 2.48. The van der Waals surface area contributed by atoms with Crippen molar-refractivity contribution in [1.82, 2.24) is 0 Å². The fourth-order valence-corrected chi connectivity index (χ4v) is 4.17. The second-order valence-corrected chi connectivity index (χ2v) is 6.97. The topological polar surface area (TPSA) is 12.4 Å². The summed E-state index contributed by atoms with van der Waals surface area (Å²) in [5, 5.41) is 1.52. The molecule has 0 aromatic heterocycles. The highest BCUT2D eigenvalue weighted by molar-refractivity contribution is 8.28. The van der Waals surface area contributed by atoms with Crippen molar-refractivity contribution in [2.24, 2.45) is 4.99 Å². The third-order valence-corrected chi connectivity index (χ3v) is 5.43. The molecular weight excluding hydrogens is 285 g/mol. The molecule has 1 aliphatic heterocycles. The van der Waals surface area contributed by atoms with Crippen LogP contribution in [0.1, 0.15) is 5.56 Å². The molecule has 2 aromatic carbocycles. The van der Waals surface area contributed by atoms with Gasteiger partial charge < -0.3 is 0 Å². The van der Waals surface area contributed by atoms with Gasteiger partial charge in [-0.15, -0.1) is 0 Å². The Hall–Kier alpha value is -0.960. The third kappa shape index (κ3) is 2.41. The fraction of sp³-hybridized carbons (Fsp3) is 0.0714. The molecule has 0 saturated heterocycles. The maximum Gasteiger partial charge on any atom is 0.0772 e. The number of halogens is 2. The van der Waals surface area contributed by atoms with Crippen molar-refractivity contribution >= 4 is 45.3 Å². The molecule has 0 N–H and O–H groups in total. The molecule has 0 saturated carbocycles.